The van der Waals surface area contributed by atoms with Gasteiger partial charge in [0.2, 0.25) is 70.9 Å². The Hall–Kier alpha value is -11.0. The van der Waals surface area contributed by atoms with Crippen molar-refractivity contribution >= 4 is 101 Å². The molecule has 45 nitrogen and oxygen atoms in total. The minimum absolute atomic E-state index is 0.00318. The molecule has 118 heavy (non-hydrogen) atoms. The normalized spacial score (nSPS) is 18.9. The quantitative estimate of drug-likeness (QED) is 0.0127. The van der Waals surface area contributed by atoms with Crippen LogP contribution in [0.15, 0.2) is 36.5 Å². The second-order valence-electron chi connectivity index (χ2n) is 28.3. The number of imide groups is 1. The minimum Gasteiger partial charge on any atom is -0.481 e. The number of carbonyl (C=O) groups excluding carboxylic acids is 12. The number of rotatable bonds is 50. The molecule has 0 spiro atoms. The molecule has 3 saturated heterocycles. The number of benzene rings is 1. The van der Waals surface area contributed by atoms with Gasteiger partial charge in [-0.3, -0.25) is 107 Å². The van der Waals surface area contributed by atoms with E-state index in [1.54, 1.807) is 56.9 Å². The van der Waals surface area contributed by atoms with Crippen LogP contribution >= 0.6 is 0 Å². The molecular weight excluding hydrogens is 1550 g/mol. The van der Waals surface area contributed by atoms with Crippen LogP contribution in [-0.2, 0) is 115 Å². The number of carbonyl (C=O) groups is 16. The van der Waals surface area contributed by atoms with Gasteiger partial charge in [-0.2, -0.15) is 0 Å². The van der Waals surface area contributed by atoms with Gasteiger partial charge in [-0.05, 0) is 56.9 Å². The van der Waals surface area contributed by atoms with Crippen molar-refractivity contribution in [3.8, 4) is 0 Å². The van der Waals surface area contributed by atoms with E-state index in [1.807, 2.05) is 0 Å². The summed E-state index contributed by atoms with van der Waals surface area (Å²) >= 11 is 0. The predicted octanol–water partition coefficient (Wildman–Crippen LogP) is -7.17. The molecule has 18 N–H and O–H groups in total. The van der Waals surface area contributed by atoms with Gasteiger partial charge in [-0.15, -0.1) is 5.10 Å². The third-order valence-electron chi connectivity index (χ3n) is 18.7. The molecule has 3 aliphatic heterocycles. The lowest BCUT2D eigenvalue weighted by molar-refractivity contribution is -0.141. The number of likely N-dealkylation sites (tertiary alicyclic amines) is 1. The topological polar surface area (TPSA) is 620 Å². The monoisotopic (exact) mass is 1670 g/mol. The highest BCUT2D eigenvalue weighted by molar-refractivity contribution is 6.04. The lowest BCUT2D eigenvalue weighted by atomic mass is 10.0. The Morgan fingerprint density at radius 3 is 1.61 bits per heavy atom. The summed E-state index contributed by atoms with van der Waals surface area (Å²) in [5, 5.41) is 82.5. The zero-order chi connectivity index (χ0) is 86.2. The van der Waals surface area contributed by atoms with Gasteiger partial charge in [0.05, 0.1) is 105 Å². The molecule has 6 atom stereocenters. The first-order chi connectivity index (χ1) is 56.5. The molecule has 0 radical (unpaired) electrons. The van der Waals surface area contributed by atoms with E-state index >= 15 is 0 Å². The number of hydrogen-bond donors (Lipinski definition) is 17. The molecule has 45 heteroatoms. The number of unbranched alkanes of at least 4 members (excludes halogenated alkanes) is 2. The van der Waals surface area contributed by atoms with Crippen molar-refractivity contribution in [2.75, 3.05) is 171 Å². The Morgan fingerprint density at radius 2 is 1.04 bits per heavy atom. The van der Waals surface area contributed by atoms with E-state index in [2.05, 4.69) is 68.8 Å². The molecule has 0 saturated carbocycles. The van der Waals surface area contributed by atoms with Crippen LogP contribution in [0.25, 0.3) is 0 Å². The number of amides is 12. The highest BCUT2D eigenvalue weighted by atomic mass is 16.6. The zero-order valence-corrected chi connectivity index (χ0v) is 66.5. The van der Waals surface area contributed by atoms with E-state index in [4.69, 9.17) is 30.1 Å². The number of aromatic nitrogens is 3. The number of nitrogens with zero attached hydrogens (tertiary/aromatic N) is 8. The van der Waals surface area contributed by atoms with E-state index < -0.39 is 126 Å². The third kappa shape index (κ3) is 41.2. The molecule has 1 aromatic heterocycles. The zero-order valence-electron chi connectivity index (χ0n) is 66.5. The van der Waals surface area contributed by atoms with E-state index in [9.17, 15) is 97.1 Å². The molecule has 4 heterocycles. The first-order valence-corrected chi connectivity index (χ1v) is 39.3. The Kier molecular flexibility index (Phi) is 45.4. The molecular formula is C73H115N21O24. The van der Waals surface area contributed by atoms with Crippen LogP contribution in [0.4, 0.5) is 0 Å². The van der Waals surface area contributed by atoms with Gasteiger partial charge in [0, 0.05) is 117 Å². The predicted molar refractivity (Wildman–Crippen MR) is 414 cm³/mol. The number of ether oxygens (including phenoxy) is 4. The molecule has 0 bridgehead atoms. The molecule has 0 aliphatic carbocycles. The molecule has 12 amide bonds. The summed E-state index contributed by atoms with van der Waals surface area (Å²) in [4.78, 5) is 213. The number of aliphatic carboxylic acids is 4. The van der Waals surface area contributed by atoms with Crippen molar-refractivity contribution in [1.29, 1.82) is 5.41 Å². The van der Waals surface area contributed by atoms with Crippen LogP contribution < -0.4 is 64.2 Å². The Balaban J connectivity index is 0.967. The van der Waals surface area contributed by atoms with Crippen LogP contribution in [0.2, 0.25) is 0 Å². The summed E-state index contributed by atoms with van der Waals surface area (Å²) in [5.74, 6) is -12.8. The Morgan fingerprint density at radius 1 is 0.534 bits per heavy atom. The Bertz CT molecular complexity index is 3600. The van der Waals surface area contributed by atoms with Crippen molar-refractivity contribution in [3.63, 3.8) is 0 Å². The maximum Gasteiger partial charge on any atom is 0.317 e. The third-order valence-corrected chi connectivity index (χ3v) is 18.7. The number of carboxylic acids is 4. The molecule has 1 aromatic carbocycles. The summed E-state index contributed by atoms with van der Waals surface area (Å²) in [5.41, 5.74) is 6.33. The van der Waals surface area contributed by atoms with Crippen LogP contribution in [0.1, 0.15) is 95.2 Å². The highest BCUT2D eigenvalue weighted by Gasteiger charge is 2.37. The average molecular weight is 1670 g/mol. The summed E-state index contributed by atoms with van der Waals surface area (Å²) < 4.78 is 23.6. The summed E-state index contributed by atoms with van der Waals surface area (Å²) in [6, 6.07) is 1.96. The number of hydrogen-bond acceptors (Lipinski definition) is 27. The largest absolute Gasteiger partial charge is 0.481 e. The summed E-state index contributed by atoms with van der Waals surface area (Å²) in [7, 11) is 0. The molecule has 656 valence electrons. The average Bonchev–Trinajstić information content (AvgIpc) is 1.70. The fourth-order valence-electron chi connectivity index (χ4n) is 12.4. The van der Waals surface area contributed by atoms with Gasteiger partial charge in [0.1, 0.15) is 42.4 Å². The van der Waals surface area contributed by atoms with Crippen LogP contribution in [0.5, 0.6) is 0 Å². The van der Waals surface area contributed by atoms with Crippen molar-refractivity contribution in [1.82, 2.24) is 98.0 Å². The fraction of sp³-hybridized carbons (Fsp3) is 0.658. The highest BCUT2D eigenvalue weighted by Crippen LogP contribution is 2.19. The van der Waals surface area contributed by atoms with Gasteiger partial charge in [-0.25, -0.2) is 4.68 Å². The van der Waals surface area contributed by atoms with Gasteiger partial charge >= 0.3 is 23.9 Å². The van der Waals surface area contributed by atoms with E-state index in [0.717, 1.165) is 4.90 Å². The van der Waals surface area contributed by atoms with Crippen LogP contribution in [0.3, 0.4) is 0 Å². The Labute approximate surface area is 681 Å². The first kappa shape index (κ1) is 97.6. The number of nitrogens with two attached hydrogens (primary N) is 1. The lowest BCUT2D eigenvalue weighted by Crippen LogP contribution is -2.58. The van der Waals surface area contributed by atoms with Crippen molar-refractivity contribution in [2.24, 2.45) is 11.7 Å². The molecule has 3 fully saturated rings. The van der Waals surface area contributed by atoms with Crippen molar-refractivity contribution < 1.29 is 116 Å². The van der Waals surface area contributed by atoms with Gasteiger partial charge < -0.3 is 104 Å². The number of nitrogens with one attached hydrogen (secondary N) is 12. The number of guanidine groups is 1. The molecule has 3 aliphatic rings. The smallest absolute Gasteiger partial charge is 0.317 e. The molecule has 2 aromatic rings. The van der Waals surface area contributed by atoms with E-state index in [1.165, 1.54) is 10.9 Å². The van der Waals surface area contributed by atoms with Crippen molar-refractivity contribution in [3.05, 3.63) is 47.8 Å². The van der Waals surface area contributed by atoms with Gasteiger partial charge in [0.15, 0.2) is 5.96 Å². The van der Waals surface area contributed by atoms with E-state index in [0.29, 0.717) is 30.5 Å². The maximum atomic E-state index is 14.1. The van der Waals surface area contributed by atoms with E-state index in [-0.39, 0.29) is 259 Å². The second-order valence-corrected chi connectivity index (χ2v) is 28.3. The number of carboxylic acid groups (broad SMARTS) is 4. The van der Waals surface area contributed by atoms with Gasteiger partial charge in [-0.1, -0.05) is 42.5 Å². The SMILES string of the molecule is CC1CC(=O)N(CCC(=O)NC(CCCCNC(=O)Cn2cc(CNC(=O)CN3CCN(CC(=O)O)CCN(CC(=O)O)CCN(CC(=O)O)CC3)nn2)C(=O)NCCOCCOCCOCCOCCC(=O)NCCCC[C@@H]2NC(=O)[C@@H](Cc3ccccc3)NC(=O)[C@H](CC(=O)O)NC(=O)CNC(=O)[C@H](CCCNC(=N)N)NC2=O)C1=O. The van der Waals surface area contributed by atoms with Crippen LogP contribution in [-0.4, -0.2) is 362 Å². The molecule has 2 unspecified atom stereocenters. The molecule has 5 rings (SSSR count). The standard InChI is InChI=1S/C73H115N21O24/c1-49-38-62(100)94(72(49)114)21-15-58(96)82-52(12-5-8-18-77-61(99)45-93-43-51(87-88-93)41-80-60(98)44-89-22-24-90(46-64(103)104)26-28-92(48-66(107)108)29-27-91(25-23-89)47-65(105)106)67(109)78-20-31-116-33-35-118-37-36-117-34-32-115-30-16-57(95)76-17-7-6-13-54-69(111)84-53(14-9-19-79-73(74)75)68(110)81-42-59(97)83-56(40-63(101)102)71(113)86-55(70(112)85-54)39-50-10-3-2-4-11-50/h2-4,10-11,43,49,52-56H,5-9,12-42,44-48H2,1H3,(H,76,95)(H,77,99)(H,78,109)(H,80,98)(H,81,110)(H,82,96)(H,83,97)(H,84,111)(H,85,112)(H,86,113)(H,101,102)(H,103,104)(H,105,106)(H,107,108)(H4,74,75,79)/t49?,52?,53-,54-,55+,56-/m0/s1. The lowest BCUT2D eigenvalue weighted by Gasteiger charge is -2.32. The minimum atomic E-state index is -1.65. The fourth-order valence-corrected chi connectivity index (χ4v) is 12.4. The van der Waals surface area contributed by atoms with Crippen LogP contribution in [0, 0.1) is 11.3 Å². The summed E-state index contributed by atoms with van der Waals surface area (Å²) in [6.45, 7) is 3.15. The first-order valence-electron chi connectivity index (χ1n) is 39.3. The second kappa shape index (κ2) is 54.8. The van der Waals surface area contributed by atoms with Gasteiger partial charge in [0.25, 0.3) is 0 Å². The maximum absolute atomic E-state index is 14.1. The van der Waals surface area contributed by atoms with Crippen molar-refractivity contribution in [2.45, 2.75) is 134 Å². The summed E-state index contributed by atoms with van der Waals surface area (Å²) in [6.07, 6.45) is 2.09.